The average molecular weight is 655 g/mol. The second-order valence-electron chi connectivity index (χ2n) is 9.26. The molecule has 0 radical (unpaired) electrons. The lowest BCUT2D eigenvalue weighted by Crippen LogP contribution is -2.34. The minimum absolute atomic E-state index is 0.446. The second-order valence-corrected chi connectivity index (χ2v) is 12.5. The zero-order valence-electron chi connectivity index (χ0n) is 19.2. The van der Waals surface area contributed by atoms with E-state index in [1.54, 1.807) is 0 Å². The van der Waals surface area contributed by atoms with Gasteiger partial charge in [-0.2, -0.15) is 0 Å². The van der Waals surface area contributed by atoms with Crippen LogP contribution < -0.4 is 0 Å². The predicted molar refractivity (Wildman–Crippen MR) is 164 cm³/mol. The molecule has 6 aromatic carbocycles. The minimum atomic E-state index is -0.446. The molecule has 0 atom stereocenters. The zero-order valence-corrected chi connectivity index (χ0v) is 23.8. The van der Waals surface area contributed by atoms with Crippen LogP contribution in [0.3, 0.4) is 0 Å². The van der Waals surface area contributed by atoms with Crippen molar-refractivity contribution >= 4 is 71.8 Å². The van der Waals surface area contributed by atoms with Crippen LogP contribution in [0.5, 0.6) is 0 Å². The molecular formula is C33H20BrIS. The Kier molecular flexibility index (Phi) is 5.49. The van der Waals surface area contributed by atoms with Crippen LogP contribution in [0, 0.1) is 3.57 Å². The van der Waals surface area contributed by atoms with Crippen LogP contribution in [0.2, 0.25) is 0 Å². The molecule has 0 saturated carbocycles. The highest BCUT2D eigenvalue weighted by Crippen LogP contribution is 2.57. The van der Waals surface area contributed by atoms with Gasteiger partial charge in [-0.1, -0.05) is 100 Å². The standard InChI is InChI=1S/C33H20BrIS/c34-27-11-5-10-26(20-27)33(25-12-14-28(35)15-13-25)29-16-21-6-1-3-8-23(21)18-31(29)36-32-19-24-9-4-2-7-22(24)17-30(32)33/h1-20H. The van der Waals surface area contributed by atoms with Gasteiger partial charge in [-0.25, -0.2) is 0 Å². The van der Waals surface area contributed by atoms with E-state index in [9.17, 15) is 0 Å². The van der Waals surface area contributed by atoms with Crippen LogP contribution >= 0.6 is 50.3 Å². The topological polar surface area (TPSA) is 0 Å². The Hall–Kier alpha value is -2.60. The lowest BCUT2D eigenvalue weighted by molar-refractivity contribution is 0.705. The van der Waals surface area contributed by atoms with Crippen molar-refractivity contribution in [1.82, 2.24) is 0 Å². The second kappa shape index (κ2) is 8.76. The highest BCUT2D eigenvalue weighted by atomic mass is 127. The molecular weight excluding hydrogens is 635 g/mol. The quantitative estimate of drug-likeness (QED) is 0.167. The third-order valence-corrected chi connectivity index (χ3v) is 9.59. The van der Waals surface area contributed by atoms with Crippen molar-refractivity contribution in [3.8, 4) is 0 Å². The van der Waals surface area contributed by atoms with Gasteiger partial charge in [0.2, 0.25) is 0 Å². The Morgan fingerprint density at radius 1 is 0.528 bits per heavy atom. The van der Waals surface area contributed by atoms with Gasteiger partial charge in [0.25, 0.3) is 0 Å². The molecule has 0 fully saturated rings. The van der Waals surface area contributed by atoms with E-state index in [-0.39, 0.29) is 0 Å². The molecule has 0 unspecified atom stereocenters. The molecule has 6 aromatic rings. The lowest BCUT2D eigenvalue weighted by atomic mass is 9.64. The predicted octanol–water partition coefficient (Wildman–Crippen LogP) is 10.2. The molecule has 0 amide bonds. The number of rotatable bonds is 2. The van der Waals surface area contributed by atoms with E-state index in [2.05, 4.69) is 160 Å². The van der Waals surface area contributed by atoms with Crippen LogP contribution in [0.15, 0.2) is 136 Å². The van der Waals surface area contributed by atoms with Gasteiger partial charge in [0.1, 0.15) is 0 Å². The van der Waals surface area contributed by atoms with E-state index in [1.165, 1.54) is 57.2 Å². The van der Waals surface area contributed by atoms with Crippen LogP contribution in [0.1, 0.15) is 22.3 Å². The smallest absolute Gasteiger partial charge is 0.0724 e. The SMILES string of the molecule is Brc1cccc(C2(c3ccc(I)cc3)c3cc4ccccc4cc3Sc3cc4ccccc4cc32)c1. The van der Waals surface area contributed by atoms with Crippen molar-refractivity contribution in [1.29, 1.82) is 0 Å². The number of hydrogen-bond donors (Lipinski definition) is 0. The molecule has 0 aromatic heterocycles. The van der Waals surface area contributed by atoms with Gasteiger partial charge >= 0.3 is 0 Å². The van der Waals surface area contributed by atoms with Crippen molar-refractivity contribution in [2.45, 2.75) is 15.2 Å². The first-order chi connectivity index (χ1) is 17.6. The molecule has 172 valence electrons. The van der Waals surface area contributed by atoms with E-state index < -0.39 is 5.41 Å². The summed E-state index contributed by atoms with van der Waals surface area (Å²) in [5.74, 6) is 0. The summed E-state index contributed by atoms with van der Waals surface area (Å²) in [5, 5.41) is 5.09. The summed E-state index contributed by atoms with van der Waals surface area (Å²) >= 11 is 8.09. The van der Waals surface area contributed by atoms with E-state index in [1.807, 2.05) is 11.8 Å². The molecule has 1 aliphatic rings. The third kappa shape index (κ3) is 3.47. The normalized spacial score (nSPS) is 13.9. The Bertz CT molecular complexity index is 1700. The fourth-order valence-electron chi connectivity index (χ4n) is 5.67. The van der Waals surface area contributed by atoms with Crippen molar-refractivity contribution in [3.63, 3.8) is 0 Å². The van der Waals surface area contributed by atoms with Crippen LogP contribution in [0.4, 0.5) is 0 Å². The van der Waals surface area contributed by atoms with Gasteiger partial charge in [-0.3, -0.25) is 0 Å². The molecule has 7 rings (SSSR count). The first kappa shape index (κ1) is 22.6. The Morgan fingerprint density at radius 3 is 1.58 bits per heavy atom. The molecule has 1 heterocycles. The molecule has 0 nitrogen and oxygen atoms in total. The maximum atomic E-state index is 3.79. The Balaban J connectivity index is 1.69. The molecule has 3 heteroatoms. The van der Waals surface area contributed by atoms with Gasteiger partial charge < -0.3 is 0 Å². The van der Waals surface area contributed by atoms with Crippen molar-refractivity contribution < 1.29 is 0 Å². The Morgan fingerprint density at radius 2 is 1.06 bits per heavy atom. The number of benzene rings is 6. The van der Waals surface area contributed by atoms with Crippen LogP contribution in [0.25, 0.3) is 21.5 Å². The van der Waals surface area contributed by atoms with E-state index in [0.717, 1.165) is 4.47 Å². The van der Waals surface area contributed by atoms with Gasteiger partial charge in [0.05, 0.1) is 5.41 Å². The van der Waals surface area contributed by atoms with Gasteiger partial charge in [0, 0.05) is 17.8 Å². The van der Waals surface area contributed by atoms with Crippen LogP contribution in [-0.4, -0.2) is 0 Å². The van der Waals surface area contributed by atoms with E-state index in [4.69, 9.17) is 0 Å². The fraction of sp³-hybridized carbons (Fsp3) is 0.0303. The largest absolute Gasteiger partial charge is 0.0894 e. The lowest BCUT2D eigenvalue weighted by Gasteiger charge is -2.42. The summed E-state index contributed by atoms with van der Waals surface area (Å²) in [7, 11) is 0. The van der Waals surface area contributed by atoms with E-state index in [0.29, 0.717) is 0 Å². The highest BCUT2D eigenvalue weighted by molar-refractivity contribution is 14.1. The summed E-state index contributed by atoms with van der Waals surface area (Å²) in [4.78, 5) is 2.63. The minimum Gasteiger partial charge on any atom is -0.0894 e. The van der Waals surface area contributed by atoms with Gasteiger partial charge in [0.15, 0.2) is 0 Å². The molecule has 0 saturated heterocycles. The van der Waals surface area contributed by atoms with Crippen molar-refractivity contribution in [2.75, 3.05) is 0 Å². The van der Waals surface area contributed by atoms with Crippen molar-refractivity contribution in [3.05, 3.63) is 152 Å². The summed E-state index contributed by atoms with van der Waals surface area (Å²) in [6.45, 7) is 0. The van der Waals surface area contributed by atoms with Crippen molar-refractivity contribution in [2.24, 2.45) is 0 Å². The molecule has 36 heavy (non-hydrogen) atoms. The van der Waals surface area contributed by atoms with E-state index >= 15 is 0 Å². The number of halogens is 2. The summed E-state index contributed by atoms with van der Waals surface area (Å²) in [6.07, 6.45) is 0. The van der Waals surface area contributed by atoms with Crippen LogP contribution in [-0.2, 0) is 5.41 Å². The maximum Gasteiger partial charge on any atom is 0.0724 e. The maximum absolute atomic E-state index is 3.79. The molecule has 0 aliphatic carbocycles. The summed E-state index contributed by atoms with van der Waals surface area (Å²) in [6, 6.07) is 45.0. The zero-order chi connectivity index (χ0) is 24.3. The monoisotopic (exact) mass is 654 g/mol. The van der Waals surface area contributed by atoms with Gasteiger partial charge in [-0.15, -0.1) is 0 Å². The summed E-state index contributed by atoms with van der Waals surface area (Å²) < 4.78 is 2.33. The molecule has 0 spiro atoms. The number of fused-ring (bicyclic) bond motifs is 4. The third-order valence-electron chi connectivity index (χ3n) is 7.26. The first-order valence-corrected chi connectivity index (χ1v) is 14.6. The molecule has 1 aliphatic heterocycles. The fourth-order valence-corrected chi connectivity index (χ4v) is 7.68. The Labute approximate surface area is 237 Å². The highest BCUT2D eigenvalue weighted by Gasteiger charge is 2.44. The molecule has 0 N–H and O–H groups in total. The molecule has 0 bridgehead atoms. The average Bonchev–Trinajstić information content (AvgIpc) is 2.90. The number of hydrogen-bond acceptors (Lipinski definition) is 1. The van der Waals surface area contributed by atoms with Gasteiger partial charge in [-0.05, 0) is 115 Å². The summed E-state index contributed by atoms with van der Waals surface area (Å²) in [5.41, 5.74) is 4.79. The first-order valence-electron chi connectivity index (χ1n) is 11.9.